The van der Waals surface area contributed by atoms with Gasteiger partial charge in [-0.1, -0.05) is 49.2 Å². The van der Waals surface area contributed by atoms with E-state index in [1.165, 1.54) is 29.0 Å². The molecule has 5 aromatic rings. The van der Waals surface area contributed by atoms with Crippen molar-refractivity contribution in [1.82, 2.24) is 29.5 Å². The van der Waals surface area contributed by atoms with Gasteiger partial charge in [-0.25, -0.2) is 23.1 Å². The monoisotopic (exact) mass is 917 g/mol. The summed E-state index contributed by atoms with van der Waals surface area (Å²) >= 11 is 6.27. The lowest BCUT2D eigenvalue weighted by Gasteiger charge is -2.39. The molecule has 4 aliphatic rings. The fraction of sp³-hybridized carbons (Fsp3) is 0.429. The number of fused-ring (bicyclic) bond motifs is 1. The van der Waals surface area contributed by atoms with Crippen molar-refractivity contribution in [2.75, 3.05) is 69.2 Å². The highest BCUT2D eigenvalue weighted by Crippen LogP contribution is 2.44. The predicted octanol–water partition coefficient (Wildman–Crippen LogP) is 8.24. The SMILES string of the molecule is CC1(C)CCC(CN2CCN(c3cccc(C(=O)NS(=O)(=O)c4cnc(N[C@H]5CC[C@H](N6CCOCC6)CC5)c(C#N)c4)c3Oc3cnc4[nH]ccc4c3)CC2)=C(c2ccc(Cl)cc2)C1. The first kappa shape index (κ1) is 44.7. The number of halogens is 1. The average molecular weight is 919 g/mol. The van der Waals surface area contributed by atoms with Gasteiger partial charge in [0.25, 0.3) is 15.9 Å². The number of carbonyl (C=O) groups excluding carboxylic acids is 1. The fourth-order valence-corrected chi connectivity index (χ4v) is 10.8. The molecule has 9 rings (SSSR count). The Bertz CT molecular complexity index is 2710. The van der Waals surface area contributed by atoms with Gasteiger partial charge in [0.2, 0.25) is 0 Å². The number of piperazine rings is 1. The van der Waals surface area contributed by atoms with E-state index in [1.807, 2.05) is 30.3 Å². The van der Waals surface area contributed by atoms with Gasteiger partial charge in [0.15, 0.2) is 5.75 Å². The number of aromatic amines is 1. The number of rotatable bonds is 12. The Labute approximate surface area is 386 Å². The van der Waals surface area contributed by atoms with E-state index in [-0.39, 0.29) is 33.2 Å². The van der Waals surface area contributed by atoms with Crippen LogP contribution in [0.2, 0.25) is 5.02 Å². The molecule has 0 unspecified atom stereocenters. The second kappa shape index (κ2) is 19.1. The highest BCUT2D eigenvalue weighted by atomic mass is 35.5. The van der Waals surface area contributed by atoms with E-state index in [2.05, 4.69) is 71.7 Å². The third-order valence-corrected chi connectivity index (χ3v) is 15.0. The van der Waals surface area contributed by atoms with Crippen molar-refractivity contribution in [3.63, 3.8) is 0 Å². The van der Waals surface area contributed by atoms with E-state index < -0.39 is 15.9 Å². The molecule has 0 spiro atoms. The number of pyridine rings is 2. The van der Waals surface area contributed by atoms with Crippen molar-refractivity contribution in [2.24, 2.45) is 5.41 Å². The second-order valence-corrected chi connectivity index (χ2v) is 20.6. The maximum Gasteiger partial charge on any atom is 0.268 e. The molecule has 340 valence electrons. The number of ether oxygens (including phenoxy) is 2. The van der Waals surface area contributed by atoms with Crippen LogP contribution in [0.25, 0.3) is 16.6 Å². The number of benzene rings is 2. The first-order valence-corrected chi connectivity index (χ1v) is 24.5. The van der Waals surface area contributed by atoms with Gasteiger partial charge >= 0.3 is 0 Å². The van der Waals surface area contributed by atoms with Crippen LogP contribution in [0.3, 0.4) is 0 Å². The summed E-state index contributed by atoms with van der Waals surface area (Å²) < 4.78 is 42.1. The molecule has 3 aromatic heterocycles. The van der Waals surface area contributed by atoms with Crippen molar-refractivity contribution in [1.29, 1.82) is 5.26 Å². The van der Waals surface area contributed by atoms with Gasteiger partial charge in [0.1, 0.15) is 28.2 Å². The summed E-state index contributed by atoms with van der Waals surface area (Å²) in [5, 5.41) is 15.0. The van der Waals surface area contributed by atoms with Crippen LogP contribution in [0.4, 0.5) is 11.5 Å². The third-order valence-electron chi connectivity index (χ3n) is 13.5. The Morgan fingerprint density at radius 2 is 1.75 bits per heavy atom. The van der Waals surface area contributed by atoms with Crippen LogP contribution in [-0.4, -0.2) is 110 Å². The van der Waals surface area contributed by atoms with E-state index in [0.29, 0.717) is 42.0 Å². The normalized spacial score (nSPS) is 20.9. The topological polar surface area (TPSA) is 169 Å². The molecule has 2 aromatic carbocycles. The summed E-state index contributed by atoms with van der Waals surface area (Å²) in [6, 6.07) is 21.1. The Kier molecular flexibility index (Phi) is 13.2. The highest BCUT2D eigenvalue weighted by Gasteiger charge is 2.32. The smallest absolute Gasteiger partial charge is 0.268 e. The standard InChI is InChI=1S/C49H56ClN9O5S/c1-49(2)16-14-35(43(28-49)33-6-8-37(50)9-7-33)32-57-18-20-59(21-19-57)44-5-3-4-42(45(44)64-40-26-34-15-17-52-46(34)53-30-40)48(60)56-65(61,62)41-27-36(29-51)47(54-31-41)55-38-10-12-39(13-11-38)58-22-24-63-25-23-58/h3-9,15,17,26-27,30-31,38-39H,10-14,16,18-25,28,32H2,1-2H3,(H,52,53)(H,54,55)(H,56,60)/t38-,39-. The van der Waals surface area contributed by atoms with Crippen LogP contribution in [0.1, 0.15) is 80.3 Å². The quantitative estimate of drug-likeness (QED) is 0.110. The maximum absolute atomic E-state index is 14.2. The molecule has 2 aliphatic heterocycles. The fourth-order valence-electron chi connectivity index (χ4n) is 9.78. The lowest BCUT2D eigenvalue weighted by molar-refractivity contribution is 0.00790. The van der Waals surface area contributed by atoms with Crippen LogP contribution in [0, 0.1) is 16.7 Å². The van der Waals surface area contributed by atoms with Crippen molar-refractivity contribution in [2.45, 2.75) is 75.8 Å². The van der Waals surface area contributed by atoms with Crippen LogP contribution in [0.15, 0.2) is 89.7 Å². The molecule has 16 heteroatoms. The lowest BCUT2D eigenvalue weighted by atomic mass is 9.72. The third kappa shape index (κ3) is 10.3. The number of carbonyl (C=O) groups is 1. The molecule has 0 atom stereocenters. The van der Waals surface area contributed by atoms with E-state index in [9.17, 15) is 18.5 Å². The van der Waals surface area contributed by atoms with Crippen LogP contribution in [0.5, 0.6) is 11.5 Å². The van der Waals surface area contributed by atoms with Crippen LogP contribution in [-0.2, 0) is 14.8 Å². The van der Waals surface area contributed by atoms with Gasteiger partial charge in [-0.15, -0.1) is 0 Å². The Hall–Kier alpha value is -5.50. The van der Waals surface area contributed by atoms with Gasteiger partial charge in [-0.2, -0.15) is 5.26 Å². The van der Waals surface area contributed by atoms with E-state index in [4.69, 9.17) is 21.1 Å². The highest BCUT2D eigenvalue weighted by molar-refractivity contribution is 7.90. The minimum absolute atomic E-state index is 0.0321. The largest absolute Gasteiger partial charge is 0.453 e. The summed E-state index contributed by atoms with van der Waals surface area (Å²) in [6.07, 6.45) is 11.6. The number of nitrogens with one attached hydrogen (secondary N) is 3. The van der Waals surface area contributed by atoms with E-state index in [1.54, 1.807) is 24.5 Å². The summed E-state index contributed by atoms with van der Waals surface area (Å²) in [6.45, 7) is 11.8. The summed E-state index contributed by atoms with van der Waals surface area (Å²) in [5.41, 5.74) is 5.77. The number of allylic oxidation sites excluding steroid dienone is 1. The number of hydrogen-bond donors (Lipinski definition) is 3. The number of H-pyrrole nitrogens is 1. The number of morpholine rings is 1. The minimum atomic E-state index is -4.47. The predicted molar refractivity (Wildman–Crippen MR) is 253 cm³/mol. The molecule has 2 aliphatic carbocycles. The molecular weight excluding hydrogens is 862 g/mol. The Balaban J connectivity index is 0.921. The molecule has 0 bridgehead atoms. The van der Waals surface area contributed by atoms with Gasteiger partial charge in [-0.05, 0) is 104 Å². The van der Waals surface area contributed by atoms with Crippen LogP contribution < -0.4 is 19.7 Å². The molecule has 1 amide bonds. The number of nitrogens with zero attached hydrogens (tertiary/aromatic N) is 6. The van der Waals surface area contributed by atoms with E-state index >= 15 is 0 Å². The van der Waals surface area contributed by atoms with Crippen molar-refractivity contribution < 1.29 is 22.7 Å². The molecule has 3 fully saturated rings. The van der Waals surface area contributed by atoms with Gasteiger partial charge in [0, 0.05) is 80.7 Å². The number of nitriles is 1. The first-order chi connectivity index (χ1) is 31.4. The Morgan fingerprint density at radius 1 is 0.985 bits per heavy atom. The molecule has 14 nitrogen and oxygen atoms in total. The maximum atomic E-state index is 14.2. The molecule has 2 saturated heterocycles. The minimum Gasteiger partial charge on any atom is -0.453 e. The van der Waals surface area contributed by atoms with Crippen molar-refractivity contribution in [3.8, 4) is 17.6 Å². The molecule has 1 saturated carbocycles. The first-order valence-electron chi connectivity index (χ1n) is 22.7. The number of amides is 1. The average Bonchev–Trinajstić information content (AvgIpc) is 3.79. The summed E-state index contributed by atoms with van der Waals surface area (Å²) in [7, 11) is -4.47. The number of aromatic nitrogens is 3. The molecular formula is C49H56ClN9O5S. The van der Waals surface area contributed by atoms with Gasteiger partial charge in [0.05, 0.1) is 36.2 Å². The van der Waals surface area contributed by atoms with Crippen molar-refractivity contribution >= 4 is 55.6 Å². The lowest BCUT2D eigenvalue weighted by Crippen LogP contribution is -2.47. The van der Waals surface area contributed by atoms with Gasteiger partial charge < -0.3 is 24.7 Å². The number of hydrogen-bond acceptors (Lipinski definition) is 12. The summed E-state index contributed by atoms with van der Waals surface area (Å²) in [4.78, 5) is 33.1. The number of anilines is 2. The number of para-hydroxylation sites is 1. The number of sulfonamides is 1. The zero-order chi connectivity index (χ0) is 45.1. The zero-order valence-electron chi connectivity index (χ0n) is 37.0. The molecule has 0 radical (unpaired) electrons. The molecule has 3 N–H and O–H groups in total. The van der Waals surface area contributed by atoms with Gasteiger partial charge in [-0.3, -0.25) is 14.6 Å². The molecule has 65 heavy (non-hydrogen) atoms. The molecule has 5 heterocycles. The van der Waals surface area contributed by atoms with E-state index in [0.717, 1.165) is 101 Å². The summed E-state index contributed by atoms with van der Waals surface area (Å²) in [5.74, 6) is 0.0510. The second-order valence-electron chi connectivity index (χ2n) is 18.4. The zero-order valence-corrected chi connectivity index (χ0v) is 38.6. The Morgan fingerprint density at radius 3 is 2.51 bits per heavy atom. The van der Waals surface area contributed by atoms with Crippen LogP contribution >= 0.6 is 11.6 Å². The van der Waals surface area contributed by atoms with Crippen molar-refractivity contribution in [3.05, 3.63) is 107 Å².